The first-order valence-electron chi connectivity index (χ1n) is 8.35. The van der Waals surface area contributed by atoms with Crippen molar-refractivity contribution in [3.05, 3.63) is 59.0 Å². The fourth-order valence-corrected chi connectivity index (χ4v) is 3.40. The van der Waals surface area contributed by atoms with Crippen LogP contribution < -0.4 is 0 Å². The van der Waals surface area contributed by atoms with Gasteiger partial charge < -0.3 is 9.84 Å². The molecule has 3 heterocycles. The second-order valence-electron chi connectivity index (χ2n) is 6.44. The first-order chi connectivity index (χ1) is 12.1. The topological polar surface area (TPSA) is 77.2 Å². The molecule has 0 spiro atoms. The maximum Gasteiger partial charge on any atom is 0.336 e. The van der Waals surface area contributed by atoms with Crippen LogP contribution in [0.2, 0.25) is 0 Å². The number of ether oxygens (including phenoxy) is 1. The van der Waals surface area contributed by atoms with Crippen LogP contribution in [-0.4, -0.2) is 39.1 Å². The molecule has 0 amide bonds. The highest BCUT2D eigenvalue weighted by atomic mass is 16.5. The highest BCUT2D eigenvalue weighted by Crippen LogP contribution is 2.28. The number of hydrogen-bond acceptors (Lipinski definition) is 4. The summed E-state index contributed by atoms with van der Waals surface area (Å²) < 4.78 is 7.55. The number of benzene rings is 1. The van der Waals surface area contributed by atoms with Gasteiger partial charge in [-0.2, -0.15) is 5.10 Å². The van der Waals surface area contributed by atoms with E-state index in [0.717, 1.165) is 35.2 Å². The maximum atomic E-state index is 11.5. The number of pyridine rings is 1. The number of carbonyl (C=O) groups is 1. The highest BCUT2D eigenvalue weighted by Gasteiger charge is 2.23. The summed E-state index contributed by atoms with van der Waals surface area (Å²) in [5, 5.41) is 15.3. The van der Waals surface area contributed by atoms with Crippen LogP contribution in [0.4, 0.5) is 0 Å². The standard InChI is InChI=1S/C19H19N3O3/c1-12-2-3-18-16(8-12)17(21-22(18)14-5-7-25-11-14)9-13-10-20-6-4-15(13)19(23)24/h2-4,6,8,10,14H,5,7,9,11H2,1H3,(H,23,24). The number of carboxylic acids is 1. The zero-order chi connectivity index (χ0) is 17.4. The van der Waals surface area contributed by atoms with Gasteiger partial charge in [-0.05, 0) is 37.1 Å². The van der Waals surface area contributed by atoms with Crippen LogP contribution in [0.25, 0.3) is 10.9 Å². The van der Waals surface area contributed by atoms with E-state index >= 15 is 0 Å². The third-order valence-corrected chi connectivity index (χ3v) is 4.68. The Bertz CT molecular complexity index is 942. The molecule has 1 aliphatic heterocycles. The van der Waals surface area contributed by atoms with Gasteiger partial charge in [0.2, 0.25) is 0 Å². The number of aryl methyl sites for hydroxylation is 1. The van der Waals surface area contributed by atoms with Crippen LogP contribution in [0, 0.1) is 6.92 Å². The van der Waals surface area contributed by atoms with E-state index in [1.54, 1.807) is 6.20 Å². The number of fused-ring (bicyclic) bond motifs is 1. The molecule has 0 radical (unpaired) electrons. The molecule has 6 nitrogen and oxygen atoms in total. The number of aromatic nitrogens is 3. The average molecular weight is 337 g/mol. The smallest absolute Gasteiger partial charge is 0.336 e. The molecule has 1 N–H and O–H groups in total. The number of nitrogens with zero attached hydrogens (tertiary/aromatic N) is 3. The lowest BCUT2D eigenvalue weighted by molar-refractivity contribution is 0.0695. The summed E-state index contributed by atoms with van der Waals surface area (Å²) in [6, 6.07) is 8.04. The first kappa shape index (κ1) is 15.8. The van der Waals surface area contributed by atoms with Gasteiger partial charge in [0.05, 0.1) is 29.4 Å². The highest BCUT2D eigenvalue weighted by molar-refractivity contribution is 5.90. The van der Waals surface area contributed by atoms with Gasteiger partial charge in [-0.25, -0.2) is 4.79 Å². The fourth-order valence-electron chi connectivity index (χ4n) is 3.40. The summed E-state index contributed by atoms with van der Waals surface area (Å²) in [5.74, 6) is -0.943. The van der Waals surface area contributed by atoms with Crippen molar-refractivity contribution in [2.45, 2.75) is 25.8 Å². The Hall–Kier alpha value is -2.73. The van der Waals surface area contributed by atoms with Gasteiger partial charge in [-0.15, -0.1) is 0 Å². The van der Waals surface area contributed by atoms with Crippen molar-refractivity contribution in [2.75, 3.05) is 13.2 Å². The molecule has 4 rings (SSSR count). The lowest BCUT2D eigenvalue weighted by Crippen LogP contribution is -2.11. The van der Waals surface area contributed by atoms with Crippen LogP contribution >= 0.6 is 0 Å². The van der Waals surface area contributed by atoms with Crippen molar-refractivity contribution in [3.63, 3.8) is 0 Å². The first-order valence-corrected chi connectivity index (χ1v) is 8.35. The van der Waals surface area contributed by atoms with Gasteiger partial charge in [-0.1, -0.05) is 11.6 Å². The Morgan fingerprint density at radius 3 is 3.04 bits per heavy atom. The molecule has 0 bridgehead atoms. The van der Waals surface area contributed by atoms with Crippen molar-refractivity contribution in [3.8, 4) is 0 Å². The second-order valence-corrected chi connectivity index (χ2v) is 6.44. The Morgan fingerprint density at radius 2 is 2.28 bits per heavy atom. The van der Waals surface area contributed by atoms with Crippen molar-refractivity contribution in [1.82, 2.24) is 14.8 Å². The summed E-state index contributed by atoms with van der Waals surface area (Å²) in [4.78, 5) is 15.6. The Kier molecular flexibility index (Phi) is 3.97. The lowest BCUT2D eigenvalue weighted by atomic mass is 10.0. The zero-order valence-corrected chi connectivity index (χ0v) is 14.0. The summed E-state index contributed by atoms with van der Waals surface area (Å²) >= 11 is 0. The molecule has 3 aromatic rings. The summed E-state index contributed by atoms with van der Waals surface area (Å²) in [5.41, 5.74) is 4.04. The number of aromatic carboxylic acids is 1. The molecule has 128 valence electrons. The SMILES string of the molecule is Cc1ccc2c(c1)c(Cc1cnccc1C(=O)O)nn2C1CCOC1. The lowest BCUT2D eigenvalue weighted by Gasteiger charge is -2.09. The third-order valence-electron chi connectivity index (χ3n) is 4.68. The third kappa shape index (κ3) is 2.89. The predicted octanol–water partition coefficient (Wildman–Crippen LogP) is 2.99. The molecule has 0 aliphatic carbocycles. The van der Waals surface area contributed by atoms with Gasteiger partial charge in [0.15, 0.2) is 0 Å². The fraction of sp³-hybridized carbons (Fsp3) is 0.316. The molecule has 1 atom stereocenters. The summed E-state index contributed by atoms with van der Waals surface area (Å²) in [6.07, 6.45) is 4.50. The van der Waals surface area contributed by atoms with Crippen LogP contribution in [-0.2, 0) is 11.2 Å². The van der Waals surface area contributed by atoms with E-state index < -0.39 is 5.97 Å². The van der Waals surface area contributed by atoms with Crippen molar-refractivity contribution in [2.24, 2.45) is 0 Å². The quantitative estimate of drug-likeness (QED) is 0.792. The van der Waals surface area contributed by atoms with Crippen molar-refractivity contribution >= 4 is 16.9 Å². The van der Waals surface area contributed by atoms with E-state index in [2.05, 4.69) is 23.2 Å². The average Bonchev–Trinajstić information content (AvgIpc) is 3.23. The Morgan fingerprint density at radius 1 is 1.40 bits per heavy atom. The van der Waals surface area contributed by atoms with Gasteiger partial charge in [0.25, 0.3) is 0 Å². The number of rotatable bonds is 4. The van der Waals surface area contributed by atoms with Crippen molar-refractivity contribution in [1.29, 1.82) is 0 Å². The Balaban J connectivity index is 1.82. The van der Waals surface area contributed by atoms with Gasteiger partial charge in [-0.3, -0.25) is 9.67 Å². The van der Waals surface area contributed by atoms with Crippen LogP contribution in [0.3, 0.4) is 0 Å². The number of hydrogen-bond donors (Lipinski definition) is 1. The monoisotopic (exact) mass is 337 g/mol. The molecular weight excluding hydrogens is 318 g/mol. The van der Waals surface area contributed by atoms with Crippen LogP contribution in [0.15, 0.2) is 36.7 Å². The van der Waals surface area contributed by atoms with E-state index in [4.69, 9.17) is 9.84 Å². The maximum absolute atomic E-state index is 11.5. The minimum absolute atomic E-state index is 0.229. The molecule has 25 heavy (non-hydrogen) atoms. The molecule has 1 fully saturated rings. The molecule has 1 saturated heterocycles. The minimum Gasteiger partial charge on any atom is -0.478 e. The minimum atomic E-state index is -0.943. The normalized spacial score (nSPS) is 17.2. The van der Waals surface area contributed by atoms with Gasteiger partial charge in [0.1, 0.15) is 0 Å². The van der Waals surface area contributed by atoms with E-state index in [9.17, 15) is 9.90 Å². The largest absolute Gasteiger partial charge is 0.478 e. The van der Waals surface area contributed by atoms with Crippen LogP contribution in [0.5, 0.6) is 0 Å². The van der Waals surface area contributed by atoms with Crippen LogP contribution in [0.1, 0.15) is 39.6 Å². The van der Waals surface area contributed by atoms with E-state index in [1.165, 1.54) is 12.3 Å². The van der Waals surface area contributed by atoms with E-state index in [1.807, 2.05) is 11.6 Å². The molecule has 1 unspecified atom stereocenters. The molecule has 0 saturated carbocycles. The summed E-state index contributed by atoms with van der Waals surface area (Å²) in [6.45, 7) is 3.46. The van der Waals surface area contributed by atoms with Gasteiger partial charge in [0, 0.05) is 30.8 Å². The molecule has 1 aromatic carbocycles. The molecule has 2 aromatic heterocycles. The molecule has 6 heteroatoms. The predicted molar refractivity (Wildman–Crippen MR) is 92.9 cm³/mol. The molecule has 1 aliphatic rings. The summed E-state index contributed by atoms with van der Waals surface area (Å²) in [7, 11) is 0. The zero-order valence-electron chi connectivity index (χ0n) is 14.0. The van der Waals surface area contributed by atoms with Gasteiger partial charge >= 0.3 is 5.97 Å². The van der Waals surface area contributed by atoms with Crippen molar-refractivity contribution < 1.29 is 14.6 Å². The molecular formula is C19H19N3O3. The Labute approximate surface area is 145 Å². The van der Waals surface area contributed by atoms with E-state index in [-0.39, 0.29) is 11.6 Å². The van der Waals surface area contributed by atoms with E-state index in [0.29, 0.717) is 18.6 Å². The second kappa shape index (κ2) is 6.29. The number of carboxylic acid groups (broad SMARTS) is 1.